The van der Waals surface area contributed by atoms with E-state index in [1.165, 1.54) is 11.8 Å². The van der Waals surface area contributed by atoms with Crippen LogP contribution in [0.1, 0.15) is 0 Å². The summed E-state index contributed by atoms with van der Waals surface area (Å²) in [5.41, 5.74) is 10.8. The third-order valence-electron chi connectivity index (χ3n) is 1.08. The van der Waals surface area contributed by atoms with Crippen LogP contribution < -0.4 is 11.5 Å². The van der Waals surface area contributed by atoms with Gasteiger partial charge in [-0.2, -0.15) is 4.98 Å². The van der Waals surface area contributed by atoms with E-state index < -0.39 is 0 Å². The van der Waals surface area contributed by atoms with Gasteiger partial charge in [-0.1, -0.05) is 0 Å². The number of nitrogens with two attached hydrogens (primary N) is 2. The number of nitrogen functional groups attached to an aromatic ring is 2. The predicted octanol–water partition coefficient (Wildman–Crippen LogP) is -0.275. The largest absolute Gasteiger partial charge is 0.396 e. The van der Waals surface area contributed by atoms with Crippen molar-refractivity contribution in [2.75, 3.05) is 23.8 Å². The minimum absolute atomic E-state index is 0.106. The summed E-state index contributed by atoms with van der Waals surface area (Å²) in [5, 5.41) is 9.23. The number of aliphatic hydroxyl groups is 1. The van der Waals surface area contributed by atoms with E-state index in [2.05, 4.69) is 9.97 Å². The minimum atomic E-state index is 0.106. The number of hydrogen-bond acceptors (Lipinski definition) is 6. The maximum Gasteiger partial charge on any atom is 0.223 e. The molecule has 66 valence electrons. The van der Waals surface area contributed by atoms with Gasteiger partial charge in [-0.25, -0.2) is 4.98 Å². The van der Waals surface area contributed by atoms with Gasteiger partial charge < -0.3 is 16.6 Å². The van der Waals surface area contributed by atoms with Crippen LogP contribution in [0.15, 0.2) is 11.1 Å². The molecule has 0 radical (unpaired) electrons. The fraction of sp³-hybridized carbons (Fsp3) is 0.333. The third-order valence-corrected chi connectivity index (χ3v) is 1.97. The summed E-state index contributed by atoms with van der Waals surface area (Å²) in [6.45, 7) is 0.106. The number of nitrogens with zero attached hydrogens (tertiary/aromatic N) is 2. The second-order valence-corrected chi connectivity index (χ2v) is 3.18. The molecule has 0 bridgehead atoms. The van der Waals surface area contributed by atoms with E-state index in [-0.39, 0.29) is 12.6 Å². The number of aromatic nitrogens is 2. The molecule has 0 saturated heterocycles. The lowest BCUT2D eigenvalue weighted by atomic mass is 10.6. The molecule has 6 heteroatoms. The van der Waals surface area contributed by atoms with Crippen molar-refractivity contribution >= 4 is 23.5 Å². The maximum atomic E-state index is 8.54. The van der Waals surface area contributed by atoms with Gasteiger partial charge in [-0.05, 0) is 0 Å². The average Bonchev–Trinajstić information content (AvgIpc) is 1.99. The Morgan fingerprint density at radius 2 is 2.17 bits per heavy atom. The van der Waals surface area contributed by atoms with Gasteiger partial charge in [0.15, 0.2) is 0 Å². The van der Waals surface area contributed by atoms with E-state index in [4.69, 9.17) is 16.6 Å². The number of thioether (sulfide) groups is 1. The molecule has 12 heavy (non-hydrogen) atoms. The van der Waals surface area contributed by atoms with Crippen LogP contribution in [-0.4, -0.2) is 27.4 Å². The molecule has 0 amide bonds. The molecule has 5 nitrogen and oxygen atoms in total. The van der Waals surface area contributed by atoms with Gasteiger partial charge in [0.2, 0.25) is 5.95 Å². The van der Waals surface area contributed by atoms with Crippen LogP contribution in [0.3, 0.4) is 0 Å². The molecule has 0 aromatic carbocycles. The van der Waals surface area contributed by atoms with Crippen LogP contribution in [0.4, 0.5) is 11.8 Å². The van der Waals surface area contributed by atoms with Gasteiger partial charge in [0.05, 0.1) is 6.61 Å². The Morgan fingerprint density at radius 3 is 2.75 bits per heavy atom. The summed E-state index contributed by atoms with van der Waals surface area (Å²) >= 11 is 1.39. The highest BCUT2D eigenvalue weighted by Crippen LogP contribution is 2.16. The zero-order chi connectivity index (χ0) is 8.97. The van der Waals surface area contributed by atoms with Crippen LogP contribution in [-0.2, 0) is 0 Å². The first-order chi connectivity index (χ1) is 5.72. The molecule has 1 rings (SSSR count). The van der Waals surface area contributed by atoms with Gasteiger partial charge in [0.25, 0.3) is 0 Å². The van der Waals surface area contributed by atoms with Crippen molar-refractivity contribution in [2.45, 2.75) is 5.03 Å². The van der Waals surface area contributed by atoms with E-state index in [1.54, 1.807) is 6.07 Å². The predicted molar refractivity (Wildman–Crippen MR) is 48.7 cm³/mol. The van der Waals surface area contributed by atoms with Crippen LogP contribution >= 0.6 is 11.8 Å². The summed E-state index contributed by atoms with van der Waals surface area (Å²) in [6.07, 6.45) is 0. The van der Waals surface area contributed by atoms with Crippen LogP contribution in [0.5, 0.6) is 0 Å². The van der Waals surface area contributed by atoms with Crippen molar-refractivity contribution in [3.63, 3.8) is 0 Å². The van der Waals surface area contributed by atoms with Gasteiger partial charge in [0, 0.05) is 11.8 Å². The van der Waals surface area contributed by atoms with E-state index >= 15 is 0 Å². The molecule has 0 aliphatic heterocycles. The lowest BCUT2D eigenvalue weighted by molar-refractivity contribution is 0.322. The Bertz CT molecular complexity index is 247. The Morgan fingerprint density at radius 1 is 1.42 bits per heavy atom. The molecule has 0 saturated carbocycles. The normalized spacial score (nSPS) is 10.1. The highest BCUT2D eigenvalue weighted by Gasteiger charge is 1.99. The molecule has 1 aromatic rings. The fourth-order valence-corrected chi connectivity index (χ4v) is 1.35. The van der Waals surface area contributed by atoms with Crippen LogP contribution in [0, 0.1) is 0 Å². The van der Waals surface area contributed by atoms with Gasteiger partial charge in [-0.3, -0.25) is 0 Å². The maximum absolute atomic E-state index is 8.54. The summed E-state index contributed by atoms with van der Waals surface area (Å²) in [6, 6.07) is 1.62. The summed E-state index contributed by atoms with van der Waals surface area (Å²) in [5.74, 6) is 1.09. The van der Waals surface area contributed by atoms with Crippen molar-refractivity contribution in [1.29, 1.82) is 0 Å². The van der Waals surface area contributed by atoms with Crippen molar-refractivity contribution < 1.29 is 5.11 Å². The second-order valence-electron chi connectivity index (χ2n) is 2.06. The first-order valence-corrected chi connectivity index (χ1v) is 4.34. The molecule has 5 N–H and O–H groups in total. The zero-order valence-electron chi connectivity index (χ0n) is 6.40. The van der Waals surface area contributed by atoms with Gasteiger partial charge >= 0.3 is 0 Å². The molecular formula is C6H10N4OS. The molecule has 0 spiro atoms. The molecule has 0 atom stereocenters. The van der Waals surface area contributed by atoms with E-state index in [1.807, 2.05) is 0 Å². The summed E-state index contributed by atoms with van der Waals surface area (Å²) < 4.78 is 0. The molecule has 1 heterocycles. The molecule has 1 aromatic heterocycles. The van der Waals surface area contributed by atoms with Gasteiger partial charge in [-0.15, -0.1) is 11.8 Å². The quantitative estimate of drug-likeness (QED) is 0.444. The molecule has 0 aliphatic rings. The Balaban J connectivity index is 2.72. The van der Waals surface area contributed by atoms with Crippen molar-refractivity contribution in [1.82, 2.24) is 9.97 Å². The average molecular weight is 186 g/mol. The lowest BCUT2D eigenvalue weighted by Gasteiger charge is -2.00. The van der Waals surface area contributed by atoms with Crippen molar-refractivity contribution in [3.8, 4) is 0 Å². The van der Waals surface area contributed by atoms with Crippen LogP contribution in [0.2, 0.25) is 0 Å². The summed E-state index contributed by atoms with van der Waals surface area (Å²) in [7, 11) is 0. The number of aliphatic hydroxyl groups excluding tert-OH is 1. The second kappa shape index (κ2) is 4.13. The summed E-state index contributed by atoms with van der Waals surface area (Å²) in [4.78, 5) is 7.62. The van der Waals surface area contributed by atoms with E-state index in [9.17, 15) is 0 Å². The molecule has 0 fully saturated rings. The number of hydrogen-bond donors (Lipinski definition) is 3. The molecular weight excluding hydrogens is 176 g/mol. The third kappa shape index (κ3) is 2.55. The first-order valence-electron chi connectivity index (χ1n) is 3.36. The van der Waals surface area contributed by atoms with Crippen LogP contribution in [0.25, 0.3) is 0 Å². The smallest absolute Gasteiger partial charge is 0.223 e. The molecule has 0 unspecified atom stereocenters. The SMILES string of the molecule is Nc1cc(SCCO)nc(N)n1. The van der Waals surface area contributed by atoms with Crippen molar-refractivity contribution in [2.24, 2.45) is 0 Å². The highest BCUT2D eigenvalue weighted by molar-refractivity contribution is 7.99. The van der Waals surface area contributed by atoms with Gasteiger partial charge in [0.1, 0.15) is 10.8 Å². The first kappa shape index (κ1) is 9.08. The van der Waals surface area contributed by atoms with E-state index in [0.29, 0.717) is 16.6 Å². The number of anilines is 2. The Kier molecular flexibility index (Phi) is 3.12. The van der Waals surface area contributed by atoms with Crippen molar-refractivity contribution in [3.05, 3.63) is 6.07 Å². The Labute approximate surface area is 74.2 Å². The standard InChI is InChI=1S/C6H10N4OS/c7-4-3-5(12-2-1-11)10-6(8)9-4/h3,11H,1-2H2,(H4,7,8,9,10). The minimum Gasteiger partial charge on any atom is -0.396 e. The Hall–Kier alpha value is -1.01. The zero-order valence-corrected chi connectivity index (χ0v) is 7.21. The van der Waals surface area contributed by atoms with E-state index in [0.717, 1.165) is 0 Å². The lowest BCUT2D eigenvalue weighted by Crippen LogP contribution is -2.00. The monoisotopic (exact) mass is 186 g/mol. The highest BCUT2D eigenvalue weighted by atomic mass is 32.2. The topological polar surface area (TPSA) is 98.0 Å². The number of rotatable bonds is 3. The fourth-order valence-electron chi connectivity index (χ4n) is 0.685. The molecule has 0 aliphatic carbocycles.